The van der Waals surface area contributed by atoms with Crippen LogP contribution in [0, 0.1) is 13.8 Å². The van der Waals surface area contributed by atoms with Gasteiger partial charge in [0.15, 0.2) is 0 Å². The van der Waals surface area contributed by atoms with Gasteiger partial charge in [-0.25, -0.2) is 0 Å². The zero-order valence-electron chi connectivity index (χ0n) is 34.5. The lowest BCUT2D eigenvalue weighted by molar-refractivity contribution is 0.332. The third kappa shape index (κ3) is 5.26. The van der Waals surface area contributed by atoms with Crippen LogP contribution < -0.4 is 25.5 Å². The number of nitrogens with zero attached hydrogens (tertiary/aromatic N) is 2. The number of hydrogen-bond acceptors (Lipinski definition) is 3. The molecule has 1 aromatic heterocycles. The molecular weight excluding hydrogens is 671 g/mol. The Labute approximate surface area is 328 Å². The molecule has 0 bridgehead atoms. The molecule has 0 fully saturated rings. The van der Waals surface area contributed by atoms with E-state index in [0.717, 1.165) is 0 Å². The number of aryl methyl sites for hydroxylation is 2. The molecule has 0 saturated heterocycles. The Balaban J connectivity index is 1.36. The number of fused-ring (bicyclic) bond motifs is 7. The van der Waals surface area contributed by atoms with Gasteiger partial charge in [0.05, 0.1) is 5.69 Å². The van der Waals surface area contributed by atoms with Crippen molar-refractivity contribution in [1.82, 2.24) is 0 Å². The molecule has 6 aromatic rings. The number of benzene rings is 5. The van der Waals surface area contributed by atoms with Gasteiger partial charge >= 0.3 is 0 Å². The largest absolute Gasteiger partial charge is 0.311 e. The lowest BCUT2D eigenvalue weighted by Crippen LogP contribution is -2.60. The van der Waals surface area contributed by atoms with Gasteiger partial charge in [-0.1, -0.05) is 118 Å². The molecule has 0 saturated carbocycles. The summed E-state index contributed by atoms with van der Waals surface area (Å²) >= 11 is 2.00. The van der Waals surface area contributed by atoms with Gasteiger partial charge in [-0.05, 0) is 135 Å². The van der Waals surface area contributed by atoms with Gasteiger partial charge in [0.25, 0.3) is 6.71 Å². The molecule has 0 amide bonds. The predicted octanol–water partition coefficient (Wildman–Crippen LogP) is 12.5. The standard InChI is InChI=1S/C50H55BN2S/c1-30-25-41-44-42(26-30)53(40-29-37-36(27-31(40)2)49(9,10)23-24-50(37,11)12)39-16-14-13-15-38(39)51(44)46-45(35-22-19-33(48(6,7)8)28-43(35)54-46)52(41)34-20-17-32(18-21-34)47(3,4)5/h13-22,25-29H,23-24H2,1-12H3. The molecule has 54 heavy (non-hydrogen) atoms. The van der Waals surface area contributed by atoms with Crippen molar-refractivity contribution < 1.29 is 0 Å². The first-order valence-electron chi connectivity index (χ1n) is 20.0. The van der Waals surface area contributed by atoms with E-state index in [-0.39, 0.29) is 28.4 Å². The highest BCUT2D eigenvalue weighted by atomic mass is 32.1. The average Bonchev–Trinajstić information content (AvgIpc) is 3.48. The summed E-state index contributed by atoms with van der Waals surface area (Å²) < 4.78 is 2.80. The van der Waals surface area contributed by atoms with Gasteiger partial charge < -0.3 is 9.80 Å². The molecule has 1 aliphatic carbocycles. The lowest BCUT2D eigenvalue weighted by Gasteiger charge is -2.45. The fraction of sp³-hybridized carbons (Fsp3) is 0.360. The molecule has 2 nitrogen and oxygen atoms in total. The summed E-state index contributed by atoms with van der Waals surface area (Å²) in [7, 11) is 0. The molecule has 274 valence electrons. The highest BCUT2D eigenvalue weighted by molar-refractivity contribution is 7.33. The first-order valence-corrected chi connectivity index (χ1v) is 20.8. The molecule has 0 spiro atoms. The molecule has 0 unspecified atom stereocenters. The van der Waals surface area contributed by atoms with E-state index in [1.54, 1.807) is 0 Å². The lowest BCUT2D eigenvalue weighted by atomic mass is 9.36. The molecule has 0 radical (unpaired) electrons. The van der Waals surface area contributed by atoms with E-state index in [9.17, 15) is 0 Å². The fourth-order valence-corrected chi connectivity index (χ4v) is 11.0. The fourth-order valence-electron chi connectivity index (χ4n) is 9.62. The van der Waals surface area contributed by atoms with E-state index in [1.165, 1.54) is 106 Å². The molecule has 5 aromatic carbocycles. The predicted molar refractivity (Wildman–Crippen MR) is 238 cm³/mol. The minimum absolute atomic E-state index is 0.0723. The van der Waals surface area contributed by atoms with E-state index in [2.05, 4.69) is 184 Å². The van der Waals surface area contributed by atoms with Crippen LogP contribution >= 0.6 is 11.3 Å². The summed E-state index contributed by atoms with van der Waals surface area (Å²) in [6, 6.07) is 35.9. The van der Waals surface area contributed by atoms with Crippen molar-refractivity contribution in [3.63, 3.8) is 0 Å². The third-order valence-corrected chi connectivity index (χ3v) is 14.2. The molecule has 2 aliphatic heterocycles. The van der Waals surface area contributed by atoms with Gasteiger partial charge in [-0.2, -0.15) is 0 Å². The smallest absolute Gasteiger partial charge is 0.264 e. The Kier molecular flexibility index (Phi) is 7.62. The van der Waals surface area contributed by atoms with Crippen LogP contribution in [0.1, 0.15) is 115 Å². The maximum atomic E-state index is 2.63. The molecule has 0 N–H and O–H groups in total. The number of para-hydroxylation sites is 1. The van der Waals surface area contributed by atoms with Gasteiger partial charge in [0.2, 0.25) is 0 Å². The first-order chi connectivity index (χ1) is 25.3. The van der Waals surface area contributed by atoms with Gasteiger partial charge in [-0.3, -0.25) is 0 Å². The van der Waals surface area contributed by atoms with Crippen molar-refractivity contribution in [2.75, 3.05) is 9.80 Å². The highest BCUT2D eigenvalue weighted by Gasteiger charge is 2.46. The van der Waals surface area contributed by atoms with E-state index in [4.69, 9.17) is 0 Å². The number of rotatable bonds is 2. The average molecular weight is 727 g/mol. The summed E-state index contributed by atoms with van der Waals surface area (Å²) in [5, 5.41) is 1.34. The molecule has 4 heteroatoms. The van der Waals surface area contributed by atoms with Crippen LogP contribution in [-0.4, -0.2) is 6.71 Å². The van der Waals surface area contributed by atoms with Crippen LogP contribution in [0.3, 0.4) is 0 Å². The Morgan fingerprint density at radius 2 is 1.20 bits per heavy atom. The Morgan fingerprint density at radius 3 is 1.85 bits per heavy atom. The second kappa shape index (κ2) is 11.6. The van der Waals surface area contributed by atoms with Crippen molar-refractivity contribution >= 4 is 78.0 Å². The van der Waals surface area contributed by atoms with Crippen LogP contribution in [-0.2, 0) is 21.7 Å². The highest BCUT2D eigenvalue weighted by Crippen LogP contribution is 2.52. The topological polar surface area (TPSA) is 6.48 Å². The van der Waals surface area contributed by atoms with Crippen molar-refractivity contribution in [1.29, 1.82) is 0 Å². The second-order valence-corrected chi connectivity index (χ2v) is 21.0. The van der Waals surface area contributed by atoms with Crippen molar-refractivity contribution in [2.45, 2.75) is 118 Å². The van der Waals surface area contributed by atoms with E-state index >= 15 is 0 Å². The summed E-state index contributed by atoms with van der Waals surface area (Å²) in [4.78, 5) is 5.24. The Bertz CT molecular complexity index is 2500. The van der Waals surface area contributed by atoms with Gasteiger partial charge in [0, 0.05) is 43.3 Å². The summed E-state index contributed by atoms with van der Waals surface area (Å²) in [5.74, 6) is 0. The monoisotopic (exact) mass is 726 g/mol. The van der Waals surface area contributed by atoms with E-state index in [1.807, 2.05) is 11.3 Å². The van der Waals surface area contributed by atoms with Crippen LogP contribution in [0.2, 0.25) is 0 Å². The minimum Gasteiger partial charge on any atom is -0.311 e. The van der Waals surface area contributed by atoms with Crippen LogP contribution in [0.15, 0.2) is 91.0 Å². The van der Waals surface area contributed by atoms with Crippen LogP contribution in [0.25, 0.3) is 10.1 Å². The van der Waals surface area contributed by atoms with Gasteiger partial charge in [-0.15, -0.1) is 11.3 Å². The Hall–Kier alpha value is -4.28. The van der Waals surface area contributed by atoms with E-state index < -0.39 is 0 Å². The summed E-state index contributed by atoms with van der Waals surface area (Å²) in [5.41, 5.74) is 19.3. The normalized spacial score (nSPS) is 16.9. The zero-order valence-corrected chi connectivity index (χ0v) is 35.3. The second-order valence-electron chi connectivity index (χ2n) is 19.9. The van der Waals surface area contributed by atoms with Crippen molar-refractivity contribution in [3.8, 4) is 0 Å². The van der Waals surface area contributed by atoms with Crippen molar-refractivity contribution in [3.05, 3.63) is 124 Å². The van der Waals surface area contributed by atoms with Crippen LogP contribution in [0.4, 0.5) is 34.1 Å². The maximum absolute atomic E-state index is 2.63. The van der Waals surface area contributed by atoms with Gasteiger partial charge in [0.1, 0.15) is 0 Å². The minimum atomic E-state index is 0.0723. The third-order valence-electron chi connectivity index (χ3n) is 13.0. The molecule has 0 atom stereocenters. The number of anilines is 6. The Morgan fingerprint density at radius 1 is 0.611 bits per heavy atom. The molecule has 3 heterocycles. The number of thiophene rings is 1. The number of hydrogen-bond donors (Lipinski definition) is 0. The molecule has 9 rings (SSSR count). The zero-order chi connectivity index (χ0) is 38.3. The quantitative estimate of drug-likeness (QED) is 0.164. The van der Waals surface area contributed by atoms with Crippen LogP contribution in [0.5, 0.6) is 0 Å². The van der Waals surface area contributed by atoms with E-state index in [0.29, 0.717) is 0 Å². The molecular formula is C50H55BN2S. The first kappa shape index (κ1) is 35.4. The SMILES string of the molecule is Cc1cc2c3c(c1)N(c1ccc(C(C)(C)C)cc1)c1c(sc4cc(C(C)(C)C)ccc14)B3c1ccccc1N2c1cc2c(cc1C)C(C)(C)CCC2(C)C. The maximum Gasteiger partial charge on any atom is 0.264 e. The summed E-state index contributed by atoms with van der Waals surface area (Å²) in [6.07, 6.45) is 2.41. The molecule has 3 aliphatic rings. The summed E-state index contributed by atoms with van der Waals surface area (Å²) in [6.45, 7) is 28.4. The van der Waals surface area contributed by atoms with Crippen molar-refractivity contribution in [2.24, 2.45) is 0 Å².